The molecule has 0 spiro atoms. The van der Waals surface area contributed by atoms with E-state index in [2.05, 4.69) is 29.1 Å². The Kier molecular flexibility index (Phi) is 5.43. The van der Waals surface area contributed by atoms with Gasteiger partial charge < -0.3 is 5.32 Å². The summed E-state index contributed by atoms with van der Waals surface area (Å²) in [5.41, 5.74) is 2.68. The zero-order valence-corrected chi connectivity index (χ0v) is 14.8. The van der Waals surface area contributed by atoms with Crippen molar-refractivity contribution in [2.24, 2.45) is 5.92 Å². The van der Waals surface area contributed by atoms with E-state index in [0.717, 1.165) is 35.6 Å². The van der Waals surface area contributed by atoms with Crippen LogP contribution in [0.3, 0.4) is 0 Å². The third-order valence-electron chi connectivity index (χ3n) is 4.12. The van der Waals surface area contributed by atoms with Crippen molar-refractivity contribution in [2.75, 3.05) is 6.54 Å². The normalized spacial score (nSPS) is 11.2. The molecular formula is C20H24N4O. The zero-order chi connectivity index (χ0) is 17.6. The maximum absolute atomic E-state index is 12.1. The summed E-state index contributed by atoms with van der Waals surface area (Å²) in [5, 5.41) is 2.99. The summed E-state index contributed by atoms with van der Waals surface area (Å²) in [7, 11) is 0. The van der Waals surface area contributed by atoms with Gasteiger partial charge in [-0.05, 0) is 36.6 Å². The van der Waals surface area contributed by atoms with Crippen molar-refractivity contribution in [3.8, 4) is 5.69 Å². The van der Waals surface area contributed by atoms with Crippen molar-refractivity contribution in [2.45, 2.75) is 33.1 Å². The Hall–Kier alpha value is -2.69. The minimum atomic E-state index is 0.0697. The summed E-state index contributed by atoms with van der Waals surface area (Å²) in [6.45, 7) is 5.04. The fourth-order valence-electron chi connectivity index (χ4n) is 2.79. The van der Waals surface area contributed by atoms with Crippen molar-refractivity contribution in [1.82, 2.24) is 19.9 Å². The fourth-order valence-corrected chi connectivity index (χ4v) is 2.79. The van der Waals surface area contributed by atoms with Crippen molar-refractivity contribution < 1.29 is 4.79 Å². The predicted molar refractivity (Wildman–Crippen MR) is 99.7 cm³/mol. The maximum atomic E-state index is 12.1. The number of nitrogens with zero attached hydrogens (tertiary/aromatic N) is 3. The Morgan fingerprint density at radius 2 is 1.96 bits per heavy atom. The van der Waals surface area contributed by atoms with Crippen molar-refractivity contribution >= 4 is 17.1 Å². The van der Waals surface area contributed by atoms with Crippen LogP contribution in [0.2, 0.25) is 0 Å². The number of carbonyl (C=O) groups is 1. The number of nitrogens with one attached hydrogen (secondary N) is 1. The van der Waals surface area contributed by atoms with Crippen LogP contribution in [0.1, 0.15) is 32.5 Å². The van der Waals surface area contributed by atoms with Gasteiger partial charge in [0, 0.05) is 31.3 Å². The van der Waals surface area contributed by atoms with E-state index in [4.69, 9.17) is 0 Å². The molecule has 25 heavy (non-hydrogen) atoms. The van der Waals surface area contributed by atoms with Gasteiger partial charge in [0.15, 0.2) is 5.65 Å². The van der Waals surface area contributed by atoms with E-state index in [1.807, 2.05) is 47.0 Å². The SMILES string of the molecule is CC(C)CCNC(=O)CCc1nc2cccnc2n1-c1ccccc1. The molecule has 5 heteroatoms. The van der Waals surface area contributed by atoms with Crippen molar-refractivity contribution in [3.63, 3.8) is 0 Å². The summed E-state index contributed by atoms with van der Waals surface area (Å²) in [6.07, 6.45) is 3.77. The lowest BCUT2D eigenvalue weighted by Gasteiger charge is -2.09. The number of benzene rings is 1. The van der Waals surface area contributed by atoms with Gasteiger partial charge in [-0.1, -0.05) is 32.0 Å². The molecule has 0 aliphatic heterocycles. The number of hydrogen-bond acceptors (Lipinski definition) is 3. The topological polar surface area (TPSA) is 59.8 Å². The van der Waals surface area contributed by atoms with Crippen LogP contribution in [0, 0.1) is 5.92 Å². The lowest BCUT2D eigenvalue weighted by molar-refractivity contribution is -0.121. The molecule has 2 aromatic heterocycles. The number of carbonyl (C=O) groups excluding carboxylic acids is 1. The molecule has 0 atom stereocenters. The lowest BCUT2D eigenvalue weighted by atomic mass is 10.1. The van der Waals surface area contributed by atoms with Gasteiger partial charge in [-0.3, -0.25) is 9.36 Å². The Labute approximate surface area is 148 Å². The summed E-state index contributed by atoms with van der Waals surface area (Å²) in [6, 6.07) is 13.9. The van der Waals surface area contributed by atoms with Crippen LogP contribution in [0.25, 0.3) is 16.9 Å². The molecule has 1 N–H and O–H groups in total. The molecule has 3 aromatic rings. The number of para-hydroxylation sites is 1. The molecule has 0 aliphatic rings. The maximum Gasteiger partial charge on any atom is 0.220 e. The molecule has 0 fully saturated rings. The van der Waals surface area contributed by atoms with Crippen LogP contribution in [0.5, 0.6) is 0 Å². The second kappa shape index (κ2) is 7.92. The Morgan fingerprint density at radius 3 is 2.72 bits per heavy atom. The van der Waals surface area contributed by atoms with Gasteiger partial charge in [-0.25, -0.2) is 9.97 Å². The average Bonchev–Trinajstić information content (AvgIpc) is 2.99. The highest BCUT2D eigenvalue weighted by Crippen LogP contribution is 2.20. The van der Waals surface area contributed by atoms with Gasteiger partial charge in [0.1, 0.15) is 11.3 Å². The first-order valence-electron chi connectivity index (χ1n) is 8.79. The molecule has 3 rings (SSSR count). The molecule has 0 aliphatic carbocycles. The molecule has 0 saturated heterocycles. The molecule has 0 saturated carbocycles. The molecule has 130 valence electrons. The van der Waals surface area contributed by atoms with E-state index in [-0.39, 0.29) is 5.91 Å². The van der Waals surface area contributed by atoms with Gasteiger partial charge in [0.05, 0.1) is 0 Å². The van der Waals surface area contributed by atoms with Gasteiger partial charge in [0.25, 0.3) is 0 Å². The number of amides is 1. The highest BCUT2D eigenvalue weighted by Gasteiger charge is 2.14. The molecule has 0 bridgehead atoms. The molecule has 0 unspecified atom stereocenters. The van der Waals surface area contributed by atoms with Gasteiger partial charge in [-0.2, -0.15) is 0 Å². The van der Waals surface area contributed by atoms with Crippen molar-refractivity contribution in [1.29, 1.82) is 0 Å². The number of imidazole rings is 1. The first-order valence-corrected chi connectivity index (χ1v) is 8.79. The molecular weight excluding hydrogens is 312 g/mol. The highest BCUT2D eigenvalue weighted by molar-refractivity contribution is 5.77. The summed E-state index contributed by atoms with van der Waals surface area (Å²) >= 11 is 0. The number of fused-ring (bicyclic) bond motifs is 1. The lowest BCUT2D eigenvalue weighted by Crippen LogP contribution is -2.25. The van der Waals surface area contributed by atoms with Crippen LogP contribution >= 0.6 is 0 Å². The number of hydrogen-bond donors (Lipinski definition) is 1. The van der Waals surface area contributed by atoms with Crippen LogP contribution in [0.15, 0.2) is 48.7 Å². The van der Waals surface area contributed by atoms with Crippen LogP contribution in [0.4, 0.5) is 0 Å². The Bertz CT molecular complexity index is 839. The molecule has 0 radical (unpaired) electrons. The number of aryl methyl sites for hydroxylation is 1. The second-order valence-electron chi connectivity index (χ2n) is 6.58. The number of pyridine rings is 1. The zero-order valence-electron chi connectivity index (χ0n) is 14.8. The van der Waals surface area contributed by atoms with E-state index < -0.39 is 0 Å². The van der Waals surface area contributed by atoms with Gasteiger partial charge >= 0.3 is 0 Å². The van der Waals surface area contributed by atoms with Crippen LogP contribution in [-0.4, -0.2) is 27.0 Å². The molecule has 2 heterocycles. The van der Waals surface area contributed by atoms with E-state index in [0.29, 0.717) is 18.8 Å². The first kappa shape index (κ1) is 17.1. The minimum Gasteiger partial charge on any atom is -0.356 e. The standard InChI is InChI=1S/C20H24N4O/c1-15(2)12-14-21-19(25)11-10-18-23-17-9-6-13-22-20(17)24(18)16-7-4-3-5-8-16/h3-9,13,15H,10-12,14H2,1-2H3,(H,21,25). The Morgan fingerprint density at radius 1 is 1.16 bits per heavy atom. The Balaban J connectivity index is 1.78. The van der Waals surface area contributed by atoms with E-state index in [9.17, 15) is 4.79 Å². The quantitative estimate of drug-likeness (QED) is 0.718. The number of rotatable bonds is 7. The largest absolute Gasteiger partial charge is 0.356 e. The van der Waals surface area contributed by atoms with Crippen LogP contribution in [-0.2, 0) is 11.2 Å². The fraction of sp³-hybridized carbons (Fsp3) is 0.350. The van der Waals surface area contributed by atoms with Gasteiger partial charge in [0.2, 0.25) is 5.91 Å². The van der Waals surface area contributed by atoms with Gasteiger partial charge in [-0.15, -0.1) is 0 Å². The highest BCUT2D eigenvalue weighted by atomic mass is 16.1. The first-order chi connectivity index (χ1) is 12.1. The predicted octanol–water partition coefficient (Wildman–Crippen LogP) is 3.52. The van der Waals surface area contributed by atoms with E-state index in [1.165, 1.54) is 0 Å². The summed E-state index contributed by atoms with van der Waals surface area (Å²) < 4.78 is 2.04. The third-order valence-corrected chi connectivity index (χ3v) is 4.12. The monoisotopic (exact) mass is 336 g/mol. The molecule has 1 amide bonds. The molecule has 5 nitrogen and oxygen atoms in total. The second-order valence-corrected chi connectivity index (χ2v) is 6.58. The minimum absolute atomic E-state index is 0.0697. The molecule has 1 aromatic carbocycles. The summed E-state index contributed by atoms with van der Waals surface area (Å²) in [5.74, 6) is 1.52. The smallest absolute Gasteiger partial charge is 0.220 e. The van der Waals surface area contributed by atoms with Crippen molar-refractivity contribution in [3.05, 3.63) is 54.5 Å². The van der Waals surface area contributed by atoms with E-state index in [1.54, 1.807) is 6.20 Å². The third kappa shape index (κ3) is 4.24. The average molecular weight is 336 g/mol. The van der Waals surface area contributed by atoms with E-state index >= 15 is 0 Å². The summed E-state index contributed by atoms with van der Waals surface area (Å²) in [4.78, 5) is 21.3. The number of aromatic nitrogens is 3. The van der Waals surface area contributed by atoms with Crippen LogP contribution < -0.4 is 5.32 Å².